The molecule has 1 unspecified atom stereocenters. The summed E-state index contributed by atoms with van der Waals surface area (Å²) < 4.78 is 11.4. The Bertz CT molecular complexity index is 160. The Morgan fingerprint density at radius 2 is 1.56 bits per heavy atom. The van der Waals surface area contributed by atoms with Gasteiger partial charge >= 0.3 is 9.28 Å². The van der Waals surface area contributed by atoms with Crippen molar-refractivity contribution in [1.29, 1.82) is 0 Å². The van der Waals surface area contributed by atoms with Crippen LogP contribution in [0, 0.1) is 11.3 Å². The summed E-state index contributed by atoms with van der Waals surface area (Å²) in [7, 11) is -1.36. The maximum absolute atomic E-state index is 5.68. The Labute approximate surface area is 104 Å². The third-order valence-electron chi connectivity index (χ3n) is 2.56. The Hall–Kier alpha value is 0.137. The molecule has 0 aliphatic carbocycles. The van der Waals surface area contributed by atoms with E-state index in [4.69, 9.17) is 8.85 Å². The van der Waals surface area contributed by atoms with Gasteiger partial charge in [-0.3, -0.25) is 0 Å². The van der Waals surface area contributed by atoms with Gasteiger partial charge in [0, 0.05) is 13.2 Å². The van der Waals surface area contributed by atoms with Crippen LogP contribution < -0.4 is 0 Å². The second-order valence-corrected chi connectivity index (χ2v) is 7.89. The van der Waals surface area contributed by atoms with Gasteiger partial charge < -0.3 is 8.85 Å². The van der Waals surface area contributed by atoms with Crippen LogP contribution in [0.5, 0.6) is 0 Å². The Morgan fingerprint density at radius 1 is 1.06 bits per heavy atom. The fourth-order valence-corrected chi connectivity index (χ4v) is 4.17. The fraction of sp³-hybridized carbons (Fsp3) is 1.00. The lowest BCUT2D eigenvalue weighted by Crippen LogP contribution is -2.24. The first-order valence-electron chi connectivity index (χ1n) is 6.62. The van der Waals surface area contributed by atoms with Crippen molar-refractivity contribution < 1.29 is 8.85 Å². The minimum absolute atomic E-state index is 0.438. The van der Waals surface area contributed by atoms with E-state index < -0.39 is 9.28 Å². The molecule has 0 saturated carbocycles. The highest BCUT2D eigenvalue weighted by Crippen LogP contribution is 2.27. The van der Waals surface area contributed by atoms with E-state index >= 15 is 0 Å². The van der Waals surface area contributed by atoms with Crippen LogP contribution in [0.4, 0.5) is 0 Å². The van der Waals surface area contributed by atoms with Crippen LogP contribution in [0.15, 0.2) is 0 Å². The molecular weight excluding hydrogens is 216 g/mol. The molecule has 1 atom stereocenters. The lowest BCUT2D eigenvalue weighted by Gasteiger charge is -2.24. The van der Waals surface area contributed by atoms with Gasteiger partial charge in [0.2, 0.25) is 0 Å². The largest absolute Gasteiger partial charge is 0.397 e. The molecule has 0 N–H and O–H groups in total. The molecule has 0 heterocycles. The molecule has 0 aromatic heterocycles. The lowest BCUT2D eigenvalue weighted by atomic mass is 9.84. The zero-order chi connectivity index (χ0) is 12.6. The standard InChI is InChI=1S/C13H30O2Si/c1-7-14-16(15-8-2)10-9-12(3)11-13(4,5)6/h12,16H,7-11H2,1-6H3. The van der Waals surface area contributed by atoms with Crippen molar-refractivity contribution in [2.75, 3.05) is 13.2 Å². The van der Waals surface area contributed by atoms with Gasteiger partial charge in [-0.2, -0.15) is 0 Å². The van der Waals surface area contributed by atoms with Gasteiger partial charge in [-0.25, -0.2) is 0 Å². The Balaban J connectivity index is 3.81. The molecule has 2 nitrogen and oxygen atoms in total. The van der Waals surface area contributed by atoms with E-state index in [1.165, 1.54) is 12.8 Å². The molecule has 0 fully saturated rings. The molecule has 0 aromatic carbocycles. The number of hydrogen-bond acceptors (Lipinski definition) is 2. The van der Waals surface area contributed by atoms with Gasteiger partial charge in [-0.05, 0) is 44.1 Å². The molecule has 0 saturated heterocycles. The normalized spacial score (nSPS) is 14.4. The highest BCUT2D eigenvalue weighted by molar-refractivity contribution is 6.44. The van der Waals surface area contributed by atoms with Crippen molar-refractivity contribution in [3.05, 3.63) is 0 Å². The van der Waals surface area contributed by atoms with E-state index in [2.05, 4.69) is 41.5 Å². The fourth-order valence-electron chi connectivity index (χ4n) is 2.15. The summed E-state index contributed by atoms with van der Waals surface area (Å²) in [6.07, 6.45) is 2.53. The van der Waals surface area contributed by atoms with Gasteiger partial charge in [0.1, 0.15) is 0 Å². The summed E-state index contributed by atoms with van der Waals surface area (Å²) >= 11 is 0. The first-order chi connectivity index (χ1) is 7.39. The smallest absolute Gasteiger partial charge is 0.321 e. The summed E-state index contributed by atoms with van der Waals surface area (Å²) in [6, 6.07) is 1.15. The Kier molecular flexibility index (Phi) is 8.33. The Morgan fingerprint density at radius 3 is 1.94 bits per heavy atom. The highest BCUT2D eigenvalue weighted by atomic mass is 28.3. The lowest BCUT2D eigenvalue weighted by molar-refractivity contribution is 0.208. The number of hydrogen-bond donors (Lipinski definition) is 0. The molecule has 0 bridgehead atoms. The zero-order valence-electron chi connectivity index (χ0n) is 12.0. The quantitative estimate of drug-likeness (QED) is 0.607. The van der Waals surface area contributed by atoms with Crippen molar-refractivity contribution in [3.8, 4) is 0 Å². The maximum Gasteiger partial charge on any atom is 0.321 e. The molecule has 0 rings (SSSR count). The topological polar surface area (TPSA) is 18.5 Å². The molecule has 0 aliphatic heterocycles. The average Bonchev–Trinajstić information content (AvgIpc) is 2.12. The van der Waals surface area contributed by atoms with Crippen LogP contribution in [0.25, 0.3) is 0 Å². The molecule has 3 heteroatoms. The molecular formula is C13H30O2Si. The van der Waals surface area contributed by atoms with Crippen molar-refractivity contribution in [2.24, 2.45) is 11.3 Å². The van der Waals surface area contributed by atoms with E-state index in [1.807, 2.05) is 0 Å². The summed E-state index contributed by atoms with van der Waals surface area (Å²) in [6.45, 7) is 15.0. The summed E-state index contributed by atoms with van der Waals surface area (Å²) in [5.41, 5.74) is 0.438. The highest BCUT2D eigenvalue weighted by Gasteiger charge is 2.18. The molecule has 0 aromatic rings. The third-order valence-corrected chi connectivity index (χ3v) is 4.78. The van der Waals surface area contributed by atoms with E-state index in [0.29, 0.717) is 5.41 Å². The molecule has 0 radical (unpaired) electrons. The predicted octanol–water partition coefficient (Wildman–Crippen LogP) is 3.74. The second kappa shape index (κ2) is 8.26. The van der Waals surface area contributed by atoms with Crippen LogP contribution in [-0.4, -0.2) is 22.5 Å². The van der Waals surface area contributed by atoms with E-state index in [1.54, 1.807) is 0 Å². The first kappa shape index (κ1) is 16.1. The summed E-state index contributed by atoms with van der Waals surface area (Å²) in [5, 5.41) is 0. The summed E-state index contributed by atoms with van der Waals surface area (Å²) in [4.78, 5) is 0. The molecule has 16 heavy (non-hydrogen) atoms. The third kappa shape index (κ3) is 9.37. The van der Waals surface area contributed by atoms with Gasteiger partial charge in [0.15, 0.2) is 0 Å². The van der Waals surface area contributed by atoms with Crippen LogP contribution >= 0.6 is 0 Å². The summed E-state index contributed by atoms with van der Waals surface area (Å²) in [5.74, 6) is 0.774. The first-order valence-corrected chi connectivity index (χ1v) is 8.38. The average molecular weight is 246 g/mol. The van der Waals surface area contributed by atoms with E-state index in [9.17, 15) is 0 Å². The van der Waals surface area contributed by atoms with Crippen molar-refractivity contribution in [1.82, 2.24) is 0 Å². The van der Waals surface area contributed by atoms with Crippen LogP contribution in [0.2, 0.25) is 6.04 Å². The second-order valence-electron chi connectivity index (χ2n) is 5.79. The molecule has 0 amide bonds. The van der Waals surface area contributed by atoms with Crippen LogP contribution in [0.1, 0.15) is 54.4 Å². The van der Waals surface area contributed by atoms with Crippen molar-refractivity contribution >= 4 is 9.28 Å². The molecule has 0 spiro atoms. The van der Waals surface area contributed by atoms with Crippen LogP contribution in [0.3, 0.4) is 0 Å². The maximum atomic E-state index is 5.68. The molecule has 98 valence electrons. The van der Waals surface area contributed by atoms with Gasteiger partial charge in [0.25, 0.3) is 0 Å². The van der Waals surface area contributed by atoms with Gasteiger partial charge in [-0.1, -0.05) is 27.7 Å². The van der Waals surface area contributed by atoms with E-state index in [0.717, 1.165) is 25.2 Å². The van der Waals surface area contributed by atoms with Crippen molar-refractivity contribution in [3.63, 3.8) is 0 Å². The zero-order valence-corrected chi connectivity index (χ0v) is 13.2. The minimum atomic E-state index is -1.36. The minimum Gasteiger partial charge on any atom is -0.397 e. The monoisotopic (exact) mass is 246 g/mol. The van der Waals surface area contributed by atoms with E-state index in [-0.39, 0.29) is 0 Å². The van der Waals surface area contributed by atoms with Crippen LogP contribution in [-0.2, 0) is 8.85 Å². The molecule has 0 aliphatic rings. The van der Waals surface area contributed by atoms with Crippen molar-refractivity contribution in [2.45, 2.75) is 60.4 Å². The predicted molar refractivity (Wildman–Crippen MR) is 73.1 cm³/mol. The van der Waals surface area contributed by atoms with Gasteiger partial charge in [-0.15, -0.1) is 0 Å². The SMILES string of the molecule is CCO[SiH](CCC(C)CC(C)(C)C)OCC. The number of rotatable bonds is 8. The van der Waals surface area contributed by atoms with Gasteiger partial charge in [0.05, 0.1) is 0 Å².